The minimum absolute atomic E-state index is 0.158. The molecule has 32 heavy (non-hydrogen) atoms. The fraction of sp³-hybridized carbons (Fsp3) is 0.435. The molecular weight excluding hydrogens is 450 g/mol. The van der Waals surface area contributed by atoms with Gasteiger partial charge in [-0.15, -0.1) is 0 Å². The first-order chi connectivity index (χ1) is 15.4. The largest absolute Gasteiger partial charge is 0.496 e. The van der Waals surface area contributed by atoms with E-state index in [2.05, 4.69) is 9.62 Å². The molecule has 4 N–H and O–H groups in total. The topological polar surface area (TPSA) is 97.0 Å². The highest BCUT2D eigenvalue weighted by Crippen LogP contribution is 2.26. The molecule has 174 valence electrons. The smallest absolute Gasteiger partial charge is 0.252 e. The number of nitrogens with zero attached hydrogens (tertiary/aromatic N) is 1. The number of carbonyl (C=O) groups is 1. The number of piperidine rings is 1. The van der Waals surface area contributed by atoms with Crippen LogP contribution in [0.4, 0.5) is 0 Å². The van der Waals surface area contributed by atoms with Crippen LogP contribution >= 0.6 is 23.5 Å². The Hall–Kier alpha value is -1.97. The molecule has 1 amide bonds. The van der Waals surface area contributed by atoms with Crippen molar-refractivity contribution in [2.45, 2.75) is 36.9 Å². The van der Waals surface area contributed by atoms with E-state index in [1.165, 1.54) is 19.1 Å². The average molecular weight is 480 g/mol. The molecule has 0 unspecified atom stereocenters. The van der Waals surface area contributed by atoms with E-state index in [0.717, 1.165) is 42.1 Å². The van der Waals surface area contributed by atoms with Crippen LogP contribution in [-0.2, 0) is 0 Å². The third-order valence-corrected chi connectivity index (χ3v) is 6.60. The van der Waals surface area contributed by atoms with E-state index in [-0.39, 0.29) is 6.10 Å². The van der Waals surface area contributed by atoms with E-state index in [1.807, 2.05) is 31.2 Å². The number of halogens is 1. The first-order valence-electron chi connectivity index (χ1n) is 10.6. The van der Waals surface area contributed by atoms with Crippen molar-refractivity contribution < 1.29 is 19.4 Å². The minimum atomic E-state index is -0.540. The van der Waals surface area contributed by atoms with Gasteiger partial charge in [-0.1, -0.05) is 17.7 Å². The maximum Gasteiger partial charge on any atom is 0.252 e. The van der Waals surface area contributed by atoms with Gasteiger partial charge in [-0.25, -0.2) is 0 Å². The summed E-state index contributed by atoms with van der Waals surface area (Å²) in [6.07, 6.45) is 1.46. The van der Waals surface area contributed by atoms with Crippen LogP contribution in [0.15, 0.2) is 41.3 Å². The Morgan fingerprint density at radius 1 is 1.31 bits per heavy atom. The van der Waals surface area contributed by atoms with Gasteiger partial charge < -0.3 is 25.2 Å². The zero-order valence-electron chi connectivity index (χ0n) is 18.3. The lowest BCUT2D eigenvalue weighted by molar-refractivity contribution is 0.0632. The molecule has 1 aliphatic rings. The highest BCUT2D eigenvalue weighted by Gasteiger charge is 2.22. The summed E-state index contributed by atoms with van der Waals surface area (Å²) in [6, 6.07) is 11.0. The van der Waals surface area contributed by atoms with Gasteiger partial charge in [0, 0.05) is 36.1 Å². The maximum absolute atomic E-state index is 11.5. The number of methoxy groups -OCH3 is 1. The lowest BCUT2D eigenvalue weighted by Crippen LogP contribution is -2.43. The molecule has 1 fully saturated rings. The third-order valence-electron chi connectivity index (χ3n) is 5.39. The third kappa shape index (κ3) is 7.02. The number of β-amino-alcohol motifs (C(OH)–C–C–N with tert-alkyl or cyclic N) is 1. The number of amides is 1. The van der Waals surface area contributed by atoms with Gasteiger partial charge in [0.2, 0.25) is 0 Å². The summed E-state index contributed by atoms with van der Waals surface area (Å²) in [5.74, 6) is 0.709. The molecule has 1 heterocycles. The fourth-order valence-electron chi connectivity index (χ4n) is 3.58. The number of primary amides is 1. The van der Waals surface area contributed by atoms with Crippen molar-refractivity contribution in [3.63, 3.8) is 0 Å². The number of hydrogen-bond acceptors (Lipinski definition) is 7. The van der Waals surface area contributed by atoms with E-state index in [9.17, 15) is 9.90 Å². The van der Waals surface area contributed by atoms with Crippen LogP contribution in [0.3, 0.4) is 0 Å². The first-order valence-corrected chi connectivity index (χ1v) is 11.8. The maximum atomic E-state index is 11.5. The van der Waals surface area contributed by atoms with Crippen LogP contribution in [0.2, 0.25) is 5.02 Å². The Bertz CT molecular complexity index is 922. The van der Waals surface area contributed by atoms with Gasteiger partial charge in [-0.3, -0.25) is 9.52 Å². The number of carbonyl (C=O) groups excluding carboxylic acids is 1. The van der Waals surface area contributed by atoms with Crippen molar-refractivity contribution in [3.05, 3.63) is 52.5 Å². The Balaban J connectivity index is 1.38. The number of aliphatic hydroxyl groups is 1. The molecule has 7 nitrogen and oxygen atoms in total. The molecule has 1 saturated heterocycles. The molecule has 0 aliphatic carbocycles. The second-order valence-electron chi connectivity index (χ2n) is 7.86. The summed E-state index contributed by atoms with van der Waals surface area (Å²) in [5, 5.41) is 11.1. The summed E-state index contributed by atoms with van der Waals surface area (Å²) in [5.41, 5.74) is 6.76. The number of rotatable bonds is 10. The molecule has 9 heteroatoms. The van der Waals surface area contributed by atoms with Crippen LogP contribution in [0, 0.1) is 6.92 Å². The van der Waals surface area contributed by atoms with Crippen LogP contribution < -0.4 is 19.9 Å². The molecule has 2 aromatic carbocycles. The summed E-state index contributed by atoms with van der Waals surface area (Å²) in [4.78, 5) is 14.6. The zero-order chi connectivity index (χ0) is 23.1. The predicted octanol–water partition coefficient (Wildman–Crippen LogP) is 3.26. The van der Waals surface area contributed by atoms with Gasteiger partial charge in [-0.05, 0) is 67.6 Å². The standard InChI is InChI=1S/C23H30ClN3O4S/c1-15-3-4-18(11-21(15)24)31-17-7-9-27(10-8-17)14-16(28)13-26-32-19-5-6-22(30-2)20(12-19)23(25)29/h3-6,11-12,16-17,26,28H,7-10,13-14H2,1-2H3,(H2,25,29)/t16-/m1/s1. The number of hydrogen-bond donors (Lipinski definition) is 3. The summed E-state index contributed by atoms with van der Waals surface area (Å²) < 4.78 is 14.4. The number of nitrogens with two attached hydrogens (primary N) is 1. The van der Waals surface area contributed by atoms with E-state index < -0.39 is 12.0 Å². The van der Waals surface area contributed by atoms with Crippen molar-refractivity contribution >= 4 is 29.5 Å². The molecule has 1 atom stereocenters. The van der Waals surface area contributed by atoms with Crippen molar-refractivity contribution in [2.24, 2.45) is 5.73 Å². The van der Waals surface area contributed by atoms with Crippen molar-refractivity contribution in [1.82, 2.24) is 9.62 Å². The zero-order valence-corrected chi connectivity index (χ0v) is 19.9. The normalized spacial score (nSPS) is 16.0. The quantitative estimate of drug-likeness (QED) is 0.450. The van der Waals surface area contributed by atoms with Crippen LogP contribution in [0.25, 0.3) is 0 Å². The van der Waals surface area contributed by atoms with Gasteiger partial charge in [0.15, 0.2) is 0 Å². The summed E-state index contributed by atoms with van der Waals surface area (Å²) >= 11 is 7.52. The van der Waals surface area contributed by atoms with Gasteiger partial charge in [0.05, 0.1) is 18.8 Å². The number of aliphatic hydroxyl groups excluding tert-OH is 1. The lowest BCUT2D eigenvalue weighted by Gasteiger charge is -2.33. The summed E-state index contributed by atoms with van der Waals surface area (Å²) in [6.45, 7) is 4.72. The van der Waals surface area contributed by atoms with Crippen molar-refractivity contribution in [2.75, 3.05) is 33.3 Å². The number of nitrogens with one attached hydrogen (secondary N) is 1. The van der Waals surface area contributed by atoms with Gasteiger partial charge >= 0.3 is 0 Å². The van der Waals surface area contributed by atoms with Crippen molar-refractivity contribution in [3.8, 4) is 11.5 Å². The van der Waals surface area contributed by atoms with Crippen LogP contribution in [-0.4, -0.2) is 61.4 Å². The van der Waals surface area contributed by atoms with E-state index >= 15 is 0 Å². The van der Waals surface area contributed by atoms with E-state index in [1.54, 1.807) is 12.1 Å². The fourth-order valence-corrected chi connectivity index (χ4v) is 4.50. The number of aryl methyl sites for hydroxylation is 1. The first kappa shape index (κ1) is 24.7. The molecule has 3 rings (SSSR count). The van der Waals surface area contributed by atoms with Gasteiger partial charge in [-0.2, -0.15) is 0 Å². The second-order valence-corrected chi connectivity index (χ2v) is 9.23. The number of benzene rings is 2. The second kappa shape index (κ2) is 11.8. The highest BCUT2D eigenvalue weighted by atomic mass is 35.5. The Morgan fingerprint density at radius 2 is 2.06 bits per heavy atom. The highest BCUT2D eigenvalue weighted by molar-refractivity contribution is 7.97. The van der Waals surface area contributed by atoms with Crippen LogP contribution in [0.5, 0.6) is 11.5 Å². The molecule has 0 radical (unpaired) electrons. The monoisotopic (exact) mass is 479 g/mol. The number of likely N-dealkylation sites (tertiary alicyclic amines) is 1. The van der Waals surface area contributed by atoms with Crippen molar-refractivity contribution in [1.29, 1.82) is 0 Å². The SMILES string of the molecule is COc1ccc(SNC[C@@H](O)CN2CCC(Oc3ccc(C)c(Cl)c3)CC2)cc1C(N)=O. The van der Waals surface area contributed by atoms with Gasteiger partial charge in [0.1, 0.15) is 17.6 Å². The molecular formula is C23H30ClN3O4S. The molecule has 1 aliphatic heterocycles. The molecule has 2 aromatic rings. The average Bonchev–Trinajstić information content (AvgIpc) is 2.77. The Morgan fingerprint density at radius 3 is 2.72 bits per heavy atom. The predicted molar refractivity (Wildman–Crippen MR) is 128 cm³/mol. The molecule has 0 bridgehead atoms. The number of ether oxygens (including phenoxy) is 2. The Labute approximate surface area is 198 Å². The molecule has 0 spiro atoms. The van der Waals surface area contributed by atoms with Crippen LogP contribution in [0.1, 0.15) is 28.8 Å². The molecule has 0 aromatic heterocycles. The van der Waals surface area contributed by atoms with Gasteiger partial charge in [0.25, 0.3) is 5.91 Å². The lowest BCUT2D eigenvalue weighted by atomic mass is 10.1. The van der Waals surface area contributed by atoms with E-state index in [0.29, 0.717) is 29.4 Å². The summed E-state index contributed by atoms with van der Waals surface area (Å²) in [7, 11) is 1.50. The minimum Gasteiger partial charge on any atom is -0.496 e. The van der Waals surface area contributed by atoms with E-state index in [4.69, 9.17) is 26.8 Å². The Kier molecular flexibility index (Phi) is 9.07. The molecule has 0 saturated carbocycles.